The molecule has 0 amide bonds. The predicted molar refractivity (Wildman–Crippen MR) is 83.0 cm³/mol. The van der Waals surface area contributed by atoms with Crippen LogP contribution < -0.4 is 5.32 Å². The molecule has 0 saturated carbocycles. The molecular formula is C16H24N4O. The van der Waals surface area contributed by atoms with Crippen LogP contribution >= 0.6 is 0 Å². The maximum atomic E-state index is 5.68. The van der Waals surface area contributed by atoms with Crippen molar-refractivity contribution in [1.82, 2.24) is 20.4 Å². The molecule has 2 aromatic heterocycles. The topological polar surface area (TPSA) is 57.1 Å². The van der Waals surface area contributed by atoms with E-state index in [0.29, 0.717) is 6.04 Å². The Balaban J connectivity index is 1.58. The molecule has 0 atom stereocenters. The Labute approximate surface area is 125 Å². The Hall–Kier alpha value is -1.59. The summed E-state index contributed by atoms with van der Waals surface area (Å²) < 4.78 is 5.68. The minimum atomic E-state index is 0.605. The first-order chi connectivity index (χ1) is 10.3. The van der Waals surface area contributed by atoms with Crippen LogP contribution in [0.25, 0.3) is 11.5 Å². The molecule has 0 aliphatic carbocycles. The highest BCUT2D eigenvalue weighted by molar-refractivity contribution is 5.56. The second kappa shape index (κ2) is 6.45. The van der Waals surface area contributed by atoms with Gasteiger partial charge in [0, 0.05) is 18.2 Å². The van der Waals surface area contributed by atoms with E-state index in [1.54, 1.807) is 0 Å². The van der Waals surface area contributed by atoms with Crippen molar-refractivity contribution in [2.75, 3.05) is 19.6 Å². The summed E-state index contributed by atoms with van der Waals surface area (Å²) in [4.78, 5) is 2.51. The maximum Gasteiger partial charge on any atom is 0.152 e. The van der Waals surface area contributed by atoms with Crippen LogP contribution in [0.4, 0.5) is 0 Å². The van der Waals surface area contributed by atoms with Gasteiger partial charge in [-0.3, -0.25) is 5.10 Å². The van der Waals surface area contributed by atoms with Crippen molar-refractivity contribution in [2.24, 2.45) is 0 Å². The Morgan fingerprint density at radius 3 is 2.86 bits per heavy atom. The summed E-state index contributed by atoms with van der Waals surface area (Å²) in [6.07, 6.45) is 4.34. The van der Waals surface area contributed by atoms with Gasteiger partial charge in [0.25, 0.3) is 0 Å². The van der Waals surface area contributed by atoms with E-state index in [9.17, 15) is 0 Å². The van der Waals surface area contributed by atoms with E-state index < -0.39 is 0 Å². The van der Waals surface area contributed by atoms with Gasteiger partial charge in [0.2, 0.25) is 0 Å². The molecule has 0 spiro atoms. The van der Waals surface area contributed by atoms with E-state index >= 15 is 0 Å². The van der Waals surface area contributed by atoms with Crippen molar-refractivity contribution < 1.29 is 4.42 Å². The van der Waals surface area contributed by atoms with Crippen LogP contribution in [-0.4, -0.2) is 40.8 Å². The lowest BCUT2D eigenvalue weighted by atomic mass is 10.0. The summed E-state index contributed by atoms with van der Waals surface area (Å²) in [5, 5.41) is 10.9. The number of likely N-dealkylation sites (tertiary alicyclic amines) is 1. The van der Waals surface area contributed by atoms with Crippen molar-refractivity contribution in [1.29, 1.82) is 0 Å². The molecule has 2 N–H and O–H groups in total. The highest BCUT2D eigenvalue weighted by atomic mass is 16.3. The van der Waals surface area contributed by atoms with Crippen molar-refractivity contribution in [3.63, 3.8) is 0 Å². The Morgan fingerprint density at radius 2 is 2.19 bits per heavy atom. The summed E-state index contributed by atoms with van der Waals surface area (Å²) in [7, 11) is 0. The number of aromatic nitrogens is 2. The van der Waals surface area contributed by atoms with Crippen LogP contribution in [0.15, 0.2) is 22.7 Å². The lowest BCUT2D eigenvalue weighted by molar-refractivity contribution is 0.206. The lowest BCUT2D eigenvalue weighted by Crippen LogP contribution is -2.42. The van der Waals surface area contributed by atoms with Crippen LogP contribution in [0, 0.1) is 6.92 Å². The van der Waals surface area contributed by atoms with E-state index in [1.807, 2.05) is 25.3 Å². The van der Waals surface area contributed by atoms with Gasteiger partial charge in [-0.1, -0.05) is 6.92 Å². The highest BCUT2D eigenvalue weighted by Crippen LogP contribution is 2.23. The zero-order valence-electron chi connectivity index (χ0n) is 12.9. The first-order valence-electron chi connectivity index (χ1n) is 7.81. The van der Waals surface area contributed by atoms with Gasteiger partial charge in [-0.2, -0.15) is 5.10 Å². The maximum absolute atomic E-state index is 5.68. The van der Waals surface area contributed by atoms with Gasteiger partial charge >= 0.3 is 0 Å². The standard InChI is InChI=1S/C16H24N4O/c1-3-20-8-6-14(7-9-20)17-10-13-11-18-19-16(13)15-5-4-12(2)21-15/h4-5,11,14,17H,3,6-10H2,1-2H3,(H,18,19). The van der Waals surface area contributed by atoms with E-state index in [4.69, 9.17) is 4.42 Å². The summed E-state index contributed by atoms with van der Waals surface area (Å²) >= 11 is 0. The number of rotatable bonds is 5. The first kappa shape index (κ1) is 14.4. The molecule has 3 rings (SSSR count). The van der Waals surface area contributed by atoms with Crippen LogP contribution in [-0.2, 0) is 6.54 Å². The molecule has 3 heterocycles. The molecule has 5 nitrogen and oxygen atoms in total. The number of hydrogen-bond donors (Lipinski definition) is 2. The Bertz CT molecular complexity index is 566. The van der Waals surface area contributed by atoms with Gasteiger partial charge in [-0.05, 0) is 51.5 Å². The molecule has 1 aliphatic heterocycles. The van der Waals surface area contributed by atoms with E-state index in [2.05, 4.69) is 27.3 Å². The molecule has 114 valence electrons. The van der Waals surface area contributed by atoms with E-state index in [1.165, 1.54) is 31.5 Å². The number of aryl methyl sites for hydroxylation is 1. The fourth-order valence-corrected chi connectivity index (χ4v) is 2.93. The predicted octanol–water partition coefficient (Wildman–Crippen LogP) is 2.55. The fraction of sp³-hybridized carbons (Fsp3) is 0.562. The Kier molecular flexibility index (Phi) is 4.41. The van der Waals surface area contributed by atoms with Gasteiger partial charge in [0.1, 0.15) is 11.5 Å². The zero-order chi connectivity index (χ0) is 14.7. The third-order valence-electron chi connectivity index (χ3n) is 4.32. The van der Waals surface area contributed by atoms with Crippen molar-refractivity contribution >= 4 is 0 Å². The van der Waals surface area contributed by atoms with Crippen LogP contribution in [0.3, 0.4) is 0 Å². The average Bonchev–Trinajstić information content (AvgIpc) is 3.14. The van der Waals surface area contributed by atoms with Gasteiger partial charge in [0.15, 0.2) is 5.76 Å². The smallest absolute Gasteiger partial charge is 0.152 e. The second-order valence-electron chi connectivity index (χ2n) is 5.77. The lowest BCUT2D eigenvalue weighted by Gasteiger charge is -2.31. The second-order valence-corrected chi connectivity index (χ2v) is 5.77. The summed E-state index contributed by atoms with van der Waals surface area (Å²) in [6, 6.07) is 4.58. The minimum Gasteiger partial charge on any atom is -0.460 e. The molecule has 5 heteroatoms. The average molecular weight is 288 g/mol. The van der Waals surface area contributed by atoms with E-state index in [-0.39, 0.29) is 0 Å². The molecule has 0 bridgehead atoms. The fourth-order valence-electron chi connectivity index (χ4n) is 2.93. The zero-order valence-corrected chi connectivity index (χ0v) is 12.9. The SMILES string of the molecule is CCN1CCC(NCc2cn[nH]c2-c2ccc(C)o2)CC1. The van der Waals surface area contributed by atoms with Crippen molar-refractivity contribution in [3.8, 4) is 11.5 Å². The molecule has 1 saturated heterocycles. The molecular weight excluding hydrogens is 264 g/mol. The normalized spacial score (nSPS) is 17.4. The third kappa shape index (κ3) is 3.36. The minimum absolute atomic E-state index is 0.605. The highest BCUT2D eigenvalue weighted by Gasteiger charge is 2.18. The van der Waals surface area contributed by atoms with E-state index in [0.717, 1.165) is 30.3 Å². The largest absolute Gasteiger partial charge is 0.460 e. The molecule has 2 aromatic rings. The summed E-state index contributed by atoms with van der Waals surface area (Å²) in [6.45, 7) is 8.59. The molecule has 21 heavy (non-hydrogen) atoms. The molecule has 1 aliphatic rings. The van der Waals surface area contributed by atoms with Gasteiger partial charge in [0.05, 0.1) is 6.20 Å². The van der Waals surface area contributed by atoms with Gasteiger partial charge < -0.3 is 14.6 Å². The van der Waals surface area contributed by atoms with Crippen molar-refractivity contribution in [3.05, 3.63) is 29.7 Å². The monoisotopic (exact) mass is 288 g/mol. The molecule has 0 radical (unpaired) electrons. The third-order valence-corrected chi connectivity index (χ3v) is 4.32. The molecule has 1 fully saturated rings. The van der Waals surface area contributed by atoms with Gasteiger partial charge in [-0.25, -0.2) is 0 Å². The first-order valence-corrected chi connectivity index (χ1v) is 7.81. The summed E-state index contributed by atoms with van der Waals surface area (Å²) in [5.74, 6) is 1.79. The summed E-state index contributed by atoms with van der Waals surface area (Å²) in [5.41, 5.74) is 2.16. The Morgan fingerprint density at radius 1 is 1.38 bits per heavy atom. The molecule has 0 aromatic carbocycles. The molecule has 0 unspecified atom stereocenters. The van der Waals surface area contributed by atoms with Gasteiger partial charge in [-0.15, -0.1) is 0 Å². The number of aromatic amines is 1. The quantitative estimate of drug-likeness (QED) is 0.888. The number of H-pyrrole nitrogens is 1. The number of nitrogens with one attached hydrogen (secondary N) is 2. The number of nitrogens with zero attached hydrogens (tertiary/aromatic N) is 2. The van der Waals surface area contributed by atoms with Crippen LogP contribution in [0.2, 0.25) is 0 Å². The number of piperidine rings is 1. The van der Waals surface area contributed by atoms with Crippen LogP contribution in [0.1, 0.15) is 31.1 Å². The number of furan rings is 1. The van der Waals surface area contributed by atoms with Crippen LogP contribution in [0.5, 0.6) is 0 Å². The van der Waals surface area contributed by atoms with Crippen molar-refractivity contribution in [2.45, 2.75) is 39.3 Å². The number of hydrogen-bond acceptors (Lipinski definition) is 4.